The molecule has 2 aromatic rings. The van der Waals surface area contributed by atoms with Crippen molar-refractivity contribution in [2.45, 2.75) is 41.5 Å². The van der Waals surface area contributed by atoms with E-state index in [2.05, 4.69) is 77.9 Å². The van der Waals surface area contributed by atoms with Crippen molar-refractivity contribution in [2.75, 3.05) is 0 Å². The molecular weight excluding hydrogens is 264 g/mol. The van der Waals surface area contributed by atoms with Crippen LogP contribution in [0.25, 0.3) is 0 Å². The minimum absolute atomic E-state index is 0. The van der Waals surface area contributed by atoms with Gasteiger partial charge in [0, 0.05) is 0 Å². The van der Waals surface area contributed by atoms with Gasteiger partial charge in [-0.1, -0.05) is 69.8 Å². The van der Waals surface area contributed by atoms with E-state index in [0.717, 1.165) is 0 Å². The van der Waals surface area contributed by atoms with Crippen LogP contribution in [-0.2, 0) is 21.7 Å². The maximum Gasteiger partial charge on any atom is 2.00 e. The van der Waals surface area contributed by atoms with Crippen molar-refractivity contribution < 1.29 is 21.7 Å². The normalized spacial score (nSPS) is 9.16. The maximum atomic E-state index is 2.19. The summed E-state index contributed by atoms with van der Waals surface area (Å²) in [6.45, 7) is 12.8. The number of hydrogen-bond donors (Lipinski definition) is 0. The third-order valence-electron chi connectivity index (χ3n) is 2.73. The second-order valence-corrected chi connectivity index (χ2v) is 5.33. The number of aryl methyl sites for hydroxylation is 6. The molecule has 0 bridgehead atoms. The largest absolute Gasteiger partial charge is 2.00 e. The standard InChI is InChI=1S/2C9H12.Ti/c2*1-7-4-8(2)6-9(3)5-7;/h2*4-6H,1-3H3;/q;;+2. The van der Waals surface area contributed by atoms with Gasteiger partial charge in [-0.05, 0) is 41.5 Å². The summed E-state index contributed by atoms with van der Waals surface area (Å²) in [5, 5.41) is 0. The summed E-state index contributed by atoms with van der Waals surface area (Å²) < 4.78 is 0. The molecule has 0 N–H and O–H groups in total. The fourth-order valence-electron chi connectivity index (χ4n) is 2.40. The van der Waals surface area contributed by atoms with Gasteiger partial charge in [-0.25, -0.2) is 0 Å². The van der Waals surface area contributed by atoms with Gasteiger partial charge in [-0.2, -0.15) is 0 Å². The third-order valence-corrected chi connectivity index (χ3v) is 2.73. The Labute approximate surface area is 133 Å². The first-order valence-corrected chi connectivity index (χ1v) is 6.46. The molecular formula is C18H24Ti+2. The molecule has 0 aliphatic rings. The summed E-state index contributed by atoms with van der Waals surface area (Å²) in [6, 6.07) is 13.1. The quantitative estimate of drug-likeness (QED) is 0.583. The van der Waals surface area contributed by atoms with Crippen LogP contribution in [0.2, 0.25) is 0 Å². The molecule has 0 aromatic heterocycles. The molecule has 0 fully saturated rings. The monoisotopic (exact) mass is 288 g/mol. The van der Waals surface area contributed by atoms with Gasteiger partial charge in [0.1, 0.15) is 0 Å². The van der Waals surface area contributed by atoms with E-state index in [1.54, 1.807) is 0 Å². The van der Waals surface area contributed by atoms with Crippen LogP contribution in [0.3, 0.4) is 0 Å². The van der Waals surface area contributed by atoms with E-state index >= 15 is 0 Å². The Morgan fingerprint density at radius 3 is 0.579 bits per heavy atom. The zero-order valence-corrected chi connectivity index (χ0v) is 14.5. The van der Waals surface area contributed by atoms with Crippen molar-refractivity contribution in [3.63, 3.8) is 0 Å². The summed E-state index contributed by atoms with van der Waals surface area (Å²) in [6.07, 6.45) is 0. The number of hydrogen-bond acceptors (Lipinski definition) is 0. The molecule has 0 spiro atoms. The number of rotatable bonds is 0. The summed E-state index contributed by atoms with van der Waals surface area (Å²) in [7, 11) is 0. The van der Waals surface area contributed by atoms with Gasteiger partial charge in [0.2, 0.25) is 0 Å². The zero-order chi connectivity index (χ0) is 13.7. The fraction of sp³-hybridized carbons (Fsp3) is 0.333. The molecule has 0 atom stereocenters. The fourth-order valence-corrected chi connectivity index (χ4v) is 2.40. The minimum atomic E-state index is 0. The Hall–Kier alpha value is -0.846. The summed E-state index contributed by atoms with van der Waals surface area (Å²) in [5.74, 6) is 0. The number of benzene rings is 2. The van der Waals surface area contributed by atoms with E-state index < -0.39 is 0 Å². The van der Waals surface area contributed by atoms with E-state index in [9.17, 15) is 0 Å². The maximum absolute atomic E-state index is 2.19. The molecule has 0 nitrogen and oxygen atoms in total. The predicted molar refractivity (Wildman–Crippen MR) is 81.3 cm³/mol. The van der Waals surface area contributed by atoms with Gasteiger partial charge in [0.15, 0.2) is 0 Å². The van der Waals surface area contributed by atoms with Gasteiger partial charge < -0.3 is 0 Å². The topological polar surface area (TPSA) is 0 Å². The molecule has 2 aromatic carbocycles. The van der Waals surface area contributed by atoms with Crippen molar-refractivity contribution in [3.8, 4) is 0 Å². The van der Waals surface area contributed by atoms with Crippen LogP contribution in [0, 0.1) is 41.5 Å². The average molecular weight is 288 g/mol. The molecule has 0 aliphatic carbocycles. The first-order valence-electron chi connectivity index (χ1n) is 6.46. The van der Waals surface area contributed by atoms with E-state index in [4.69, 9.17) is 0 Å². The van der Waals surface area contributed by atoms with Crippen LogP contribution < -0.4 is 0 Å². The van der Waals surface area contributed by atoms with Crippen LogP contribution >= 0.6 is 0 Å². The smallest absolute Gasteiger partial charge is 0.0564 e. The van der Waals surface area contributed by atoms with Crippen molar-refractivity contribution in [1.29, 1.82) is 0 Å². The van der Waals surface area contributed by atoms with Crippen molar-refractivity contribution in [3.05, 3.63) is 69.8 Å². The van der Waals surface area contributed by atoms with E-state index in [0.29, 0.717) is 0 Å². The van der Waals surface area contributed by atoms with Crippen LogP contribution in [0.1, 0.15) is 33.4 Å². The zero-order valence-electron chi connectivity index (χ0n) is 13.0. The first kappa shape index (κ1) is 18.2. The molecule has 0 saturated heterocycles. The van der Waals surface area contributed by atoms with Crippen molar-refractivity contribution in [2.24, 2.45) is 0 Å². The SMILES string of the molecule is Cc1cc(C)cc(C)c1.Cc1cc(C)cc(C)c1.[Ti+2]. The van der Waals surface area contributed by atoms with Gasteiger partial charge in [-0.3, -0.25) is 0 Å². The molecule has 0 radical (unpaired) electrons. The molecule has 0 heterocycles. The van der Waals surface area contributed by atoms with E-state index in [-0.39, 0.29) is 21.7 Å². The van der Waals surface area contributed by atoms with Crippen molar-refractivity contribution in [1.82, 2.24) is 0 Å². The molecule has 98 valence electrons. The van der Waals surface area contributed by atoms with Gasteiger partial charge >= 0.3 is 21.7 Å². The molecule has 19 heavy (non-hydrogen) atoms. The van der Waals surface area contributed by atoms with E-state index in [1.807, 2.05) is 0 Å². The molecule has 0 unspecified atom stereocenters. The Kier molecular flexibility index (Phi) is 7.98. The third kappa shape index (κ3) is 7.35. The molecule has 0 amide bonds. The van der Waals surface area contributed by atoms with Crippen LogP contribution in [0.15, 0.2) is 36.4 Å². The Morgan fingerprint density at radius 2 is 0.474 bits per heavy atom. The molecule has 0 saturated carbocycles. The summed E-state index contributed by atoms with van der Waals surface area (Å²) in [5.41, 5.74) is 8.13. The molecule has 0 aliphatic heterocycles. The second-order valence-electron chi connectivity index (χ2n) is 5.33. The van der Waals surface area contributed by atoms with Gasteiger partial charge in [0.25, 0.3) is 0 Å². The molecule has 2 rings (SSSR count). The van der Waals surface area contributed by atoms with E-state index in [1.165, 1.54) is 33.4 Å². The van der Waals surface area contributed by atoms with Crippen LogP contribution in [0.5, 0.6) is 0 Å². The minimum Gasteiger partial charge on any atom is -0.0564 e. The Morgan fingerprint density at radius 1 is 0.368 bits per heavy atom. The first-order chi connectivity index (χ1) is 8.36. The average Bonchev–Trinajstić information content (AvgIpc) is 2.12. The molecule has 1 heteroatoms. The summed E-state index contributed by atoms with van der Waals surface area (Å²) >= 11 is 0. The van der Waals surface area contributed by atoms with Gasteiger partial charge in [-0.15, -0.1) is 0 Å². The van der Waals surface area contributed by atoms with Crippen LogP contribution in [-0.4, -0.2) is 0 Å². The van der Waals surface area contributed by atoms with Crippen molar-refractivity contribution >= 4 is 0 Å². The summed E-state index contributed by atoms with van der Waals surface area (Å²) in [4.78, 5) is 0. The predicted octanol–water partition coefficient (Wildman–Crippen LogP) is 5.22. The van der Waals surface area contributed by atoms with Gasteiger partial charge in [0.05, 0.1) is 0 Å². The van der Waals surface area contributed by atoms with Crippen LogP contribution in [0.4, 0.5) is 0 Å². The Bertz CT molecular complexity index is 377. The second kappa shape index (κ2) is 8.35. The Balaban J connectivity index is 0.000000324.